The summed E-state index contributed by atoms with van der Waals surface area (Å²) in [7, 11) is 0. The highest BCUT2D eigenvalue weighted by Crippen LogP contribution is 2.26. The van der Waals surface area contributed by atoms with Gasteiger partial charge in [-0.05, 0) is 48.7 Å². The van der Waals surface area contributed by atoms with Crippen LogP contribution in [0.4, 0.5) is 8.78 Å². The Morgan fingerprint density at radius 1 is 1.05 bits per heavy atom. The first-order valence-electron chi connectivity index (χ1n) is 6.86. The molecule has 0 spiro atoms. The minimum atomic E-state index is -0.509. The molecule has 2 aromatic rings. The van der Waals surface area contributed by atoms with Crippen molar-refractivity contribution in [1.82, 2.24) is 0 Å². The summed E-state index contributed by atoms with van der Waals surface area (Å²) in [5.41, 5.74) is 1.85. The fourth-order valence-electron chi connectivity index (χ4n) is 2.51. The van der Waals surface area contributed by atoms with Crippen molar-refractivity contribution < 1.29 is 18.3 Å². The zero-order valence-corrected chi connectivity index (χ0v) is 11.4. The maximum absolute atomic E-state index is 13.5. The quantitative estimate of drug-likeness (QED) is 0.851. The number of ketones is 1. The number of hydrogen-bond acceptors (Lipinski definition) is 2. The molecule has 0 saturated heterocycles. The molecule has 0 N–H and O–H groups in total. The van der Waals surface area contributed by atoms with E-state index in [2.05, 4.69) is 0 Å². The van der Waals surface area contributed by atoms with Crippen molar-refractivity contribution >= 4 is 5.78 Å². The van der Waals surface area contributed by atoms with Crippen LogP contribution in [0.15, 0.2) is 36.4 Å². The highest BCUT2D eigenvalue weighted by atomic mass is 19.1. The van der Waals surface area contributed by atoms with Gasteiger partial charge in [-0.2, -0.15) is 0 Å². The Hall–Kier alpha value is -2.23. The topological polar surface area (TPSA) is 26.3 Å². The number of fused-ring (bicyclic) bond motifs is 1. The average Bonchev–Trinajstić information content (AvgIpc) is 2.49. The van der Waals surface area contributed by atoms with Crippen LogP contribution in [0.3, 0.4) is 0 Å². The molecule has 2 nitrogen and oxygen atoms in total. The molecule has 0 atom stereocenters. The van der Waals surface area contributed by atoms with Gasteiger partial charge in [0.1, 0.15) is 24.0 Å². The second-order valence-electron chi connectivity index (χ2n) is 5.12. The molecular formula is C17H14F2O2. The van der Waals surface area contributed by atoms with Crippen LogP contribution in [0, 0.1) is 11.6 Å². The third-order valence-electron chi connectivity index (χ3n) is 3.63. The molecule has 0 aromatic heterocycles. The highest BCUT2D eigenvalue weighted by molar-refractivity contribution is 5.98. The number of carbonyl (C=O) groups is 1. The van der Waals surface area contributed by atoms with E-state index in [0.29, 0.717) is 17.7 Å². The molecule has 108 valence electrons. The summed E-state index contributed by atoms with van der Waals surface area (Å²) < 4.78 is 32.1. The number of carbonyl (C=O) groups excluding carboxylic acids is 1. The van der Waals surface area contributed by atoms with Crippen molar-refractivity contribution in [1.29, 1.82) is 0 Å². The third-order valence-corrected chi connectivity index (χ3v) is 3.63. The van der Waals surface area contributed by atoms with Gasteiger partial charge in [-0.1, -0.05) is 6.07 Å². The molecule has 1 aliphatic carbocycles. The highest BCUT2D eigenvalue weighted by Gasteiger charge is 2.17. The van der Waals surface area contributed by atoms with Gasteiger partial charge in [0.2, 0.25) is 0 Å². The molecule has 0 radical (unpaired) electrons. The van der Waals surface area contributed by atoms with Gasteiger partial charge in [0, 0.05) is 17.5 Å². The Balaban J connectivity index is 1.78. The average molecular weight is 288 g/mol. The maximum Gasteiger partial charge on any atom is 0.163 e. The fraction of sp³-hybridized carbons (Fsp3) is 0.235. The van der Waals surface area contributed by atoms with E-state index < -0.39 is 11.6 Å². The van der Waals surface area contributed by atoms with Gasteiger partial charge in [-0.25, -0.2) is 8.78 Å². The number of hydrogen-bond donors (Lipinski definition) is 0. The zero-order valence-electron chi connectivity index (χ0n) is 11.4. The smallest absolute Gasteiger partial charge is 0.163 e. The molecule has 0 bridgehead atoms. The fourth-order valence-corrected chi connectivity index (χ4v) is 2.51. The molecule has 2 aromatic carbocycles. The standard InChI is InChI=1S/C17H14F2O2/c18-13-5-7-16(19)12(8-13)10-21-14-6-4-11-2-1-3-17(20)15(11)9-14/h4-9H,1-3,10H2. The second-order valence-corrected chi connectivity index (χ2v) is 5.12. The molecule has 0 heterocycles. The second kappa shape index (κ2) is 5.64. The summed E-state index contributed by atoms with van der Waals surface area (Å²) >= 11 is 0. The van der Waals surface area contributed by atoms with Crippen molar-refractivity contribution in [2.45, 2.75) is 25.9 Å². The lowest BCUT2D eigenvalue weighted by Gasteiger charge is -2.16. The predicted molar refractivity (Wildman–Crippen MR) is 74.4 cm³/mol. The number of halogens is 2. The van der Waals surface area contributed by atoms with Crippen molar-refractivity contribution in [2.75, 3.05) is 0 Å². The van der Waals surface area contributed by atoms with Crippen molar-refractivity contribution in [3.05, 3.63) is 64.7 Å². The lowest BCUT2D eigenvalue weighted by atomic mass is 9.90. The van der Waals surface area contributed by atoms with Gasteiger partial charge in [0.25, 0.3) is 0 Å². The Labute approximate surface area is 121 Å². The third kappa shape index (κ3) is 2.94. The van der Waals surface area contributed by atoms with Crippen molar-refractivity contribution in [2.24, 2.45) is 0 Å². The monoisotopic (exact) mass is 288 g/mol. The van der Waals surface area contributed by atoms with Gasteiger partial charge < -0.3 is 4.74 Å². The first-order valence-corrected chi connectivity index (χ1v) is 6.86. The normalized spacial score (nSPS) is 13.9. The Morgan fingerprint density at radius 2 is 1.90 bits per heavy atom. The molecule has 4 heteroatoms. The molecule has 0 fully saturated rings. The van der Waals surface area contributed by atoms with Crippen molar-refractivity contribution in [3.63, 3.8) is 0 Å². The molecule has 0 unspecified atom stereocenters. The SMILES string of the molecule is O=C1CCCc2ccc(OCc3cc(F)ccc3F)cc21. The van der Waals surface area contributed by atoms with Crippen LogP contribution in [0.5, 0.6) is 5.75 Å². The first-order chi connectivity index (χ1) is 10.1. The van der Waals surface area contributed by atoms with Crippen LogP contribution in [0.25, 0.3) is 0 Å². The number of Topliss-reactive ketones (excluding diaryl/α,β-unsaturated/α-hetero) is 1. The van der Waals surface area contributed by atoms with Gasteiger partial charge in [0.05, 0.1) is 0 Å². The number of rotatable bonds is 3. The Kier molecular flexibility index (Phi) is 3.69. The van der Waals surface area contributed by atoms with Crippen LogP contribution in [0.1, 0.15) is 34.3 Å². The van der Waals surface area contributed by atoms with Crippen LogP contribution in [-0.4, -0.2) is 5.78 Å². The van der Waals surface area contributed by atoms with E-state index in [1.807, 2.05) is 6.07 Å². The summed E-state index contributed by atoms with van der Waals surface area (Å²) in [6.07, 6.45) is 2.31. The van der Waals surface area contributed by atoms with Crippen molar-refractivity contribution in [3.8, 4) is 5.75 Å². The molecule has 0 saturated carbocycles. The van der Waals surface area contributed by atoms with Gasteiger partial charge in [-0.15, -0.1) is 0 Å². The van der Waals surface area contributed by atoms with E-state index in [4.69, 9.17) is 4.74 Å². The molecular weight excluding hydrogens is 274 g/mol. The predicted octanol–water partition coefficient (Wildman–Crippen LogP) is 4.06. The van der Waals surface area contributed by atoms with Gasteiger partial charge >= 0.3 is 0 Å². The van der Waals surface area contributed by atoms with Gasteiger partial charge in [-0.3, -0.25) is 4.79 Å². The van der Waals surface area contributed by atoms with E-state index in [0.717, 1.165) is 36.6 Å². The number of ether oxygens (including phenoxy) is 1. The summed E-state index contributed by atoms with van der Waals surface area (Å²) in [6, 6.07) is 8.56. The Bertz CT molecular complexity index is 695. The van der Waals surface area contributed by atoms with Crippen LogP contribution < -0.4 is 4.74 Å². The van der Waals surface area contributed by atoms with E-state index in [9.17, 15) is 13.6 Å². The van der Waals surface area contributed by atoms with E-state index in [1.54, 1.807) is 12.1 Å². The van der Waals surface area contributed by atoms with Crippen LogP contribution in [-0.2, 0) is 13.0 Å². The minimum absolute atomic E-state index is 0.0728. The van der Waals surface area contributed by atoms with E-state index >= 15 is 0 Å². The Morgan fingerprint density at radius 3 is 2.76 bits per heavy atom. The number of aryl methyl sites for hydroxylation is 1. The minimum Gasteiger partial charge on any atom is -0.489 e. The molecule has 0 amide bonds. The maximum atomic E-state index is 13.5. The molecule has 3 rings (SSSR count). The number of benzene rings is 2. The first kappa shape index (κ1) is 13.7. The lowest BCUT2D eigenvalue weighted by Crippen LogP contribution is -2.11. The van der Waals surface area contributed by atoms with Gasteiger partial charge in [0.15, 0.2) is 5.78 Å². The van der Waals surface area contributed by atoms with E-state index in [1.165, 1.54) is 0 Å². The summed E-state index contributed by atoms with van der Waals surface area (Å²) in [5.74, 6) is -0.410. The van der Waals surface area contributed by atoms with Crippen LogP contribution in [0.2, 0.25) is 0 Å². The van der Waals surface area contributed by atoms with Crippen LogP contribution >= 0.6 is 0 Å². The summed E-state index contributed by atoms with van der Waals surface area (Å²) in [5, 5.41) is 0. The lowest BCUT2D eigenvalue weighted by molar-refractivity contribution is 0.0972. The largest absolute Gasteiger partial charge is 0.489 e. The molecule has 21 heavy (non-hydrogen) atoms. The van der Waals surface area contributed by atoms with E-state index in [-0.39, 0.29) is 18.0 Å². The molecule has 1 aliphatic rings. The summed E-state index contributed by atoms with van der Waals surface area (Å²) in [4.78, 5) is 11.8. The summed E-state index contributed by atoms with van der Waals surface area (Å²) in [6.45, 7) is -0.0728. The molecule has 0 aliphatic heterocycles. The zero-order chi connectivity index (χ0) is 14.8.